The Balaban J connectivity index is 1.42. The number of thiophene rings is 1. The number of fused-ring (bicyclic) bond motifs is 3. The summed E-state index contributed by atoms with van der Waals surface area (Å²) in [4.78, 5) is 34.0. The molecule has 0 fully saturated rings. The van der Waals surface area contributed by atoms with Crippen LogP contribution in [0.3, 0.4) is 0 Å². The zero-order chi connectivity index (χ0) is 28.0. The minimum atomic E-state index is -0.883. The summed E-state index contributed by atoms with van der Waals surface area (Å²) in [6, 6.07) is 9.55. The highest BCUT2D eigenvalue weighted by Crippen LogP contribution is 2.37. The molecule has 11 heteroatoms. The molecular formula is C29H30N6O4S. The second kappa shape index (κ2) is 10.5. The Bertz CT molecular complexity index is 1790. The number of aromatic nitrogens is 5. The molecule has 0 radical (unpaired) electrons. The van der Waals surface area contributed by atoms with Gasteiger partial charge in [-0.1, -0.05) is 18.2 Å². The van der Waals surface area contributed by atoms with Gasteiger partial charge in [-0.25, -0.2) is 9.67 Å². The van der Waals surface area contributed by atoms with Crippen molar-refractivity contribution >= 4 is 38.6 Å². The molecule has 0 amide bonds. The van der Waals surface area contributed by atoms with Gasteiger partial charge in [0, 0.05) is 49.6 Å². The topological polar surface area (TPSA) is 126 Å². The van der Waals surface area contributed by atoms with E-state index in [2.05, 4.69) is 55.7 Å². The molecule has 5 heterocycles. The van der Waals surface area contributed by atoms with Crippen LogP contribution in [0.15, 0.2) is 46.7 Å². The average Bonchev–Trinajstić information content (AvgIpc) is 3.51. The van der Waals surface area contributed by atoms with E-state index in [9.17, 15) is 14.7 Å². The summed E-state index contributed by atoms with van der Waals surface area (Å²) in [5.74, 6) is -0.577. The quantitative estimate of drug-likeness (QED) is 0.302. The van der Waals surface area contributed by atoms with Crippen LogP contribution in [0, 0.1) is 6.92 Å². The normalized spacial score (nSPS) is 16.5. The Morgan fingerprint density at radius 1 is 1.30 bits per heavy atom. The third kappa shape index (κ3) is 4.86. The maximum absolute atomic E-state index is 12.1. The first-order valence-electron chi connectivity index (χ1n) is 13.3. The highest BCUT2D eigenvalue weighted by molar-refractivity contribution is 7.17. The van der Waals surface area contributed by atoms with Crippen LogP contribution in [0.5, 0.6) is 5.75 Å². The summed E-state index contributed by atoms with van der Waals surface area (Å²) in [6.07, 6.45) is 2.51. The first-order chi connectivity index (χ1) is 19.3. The lowest BCUT2D eigenvalue weighted by Gasteiger charge is -2.25. The second-order valence-electron chi connectivity index (χ2n) is 10.4. The zero-order valence-corrected chi connectivity index (χ0v) is 23.4. The molecule has 2 N–H and O–H groups in total. The molecule has 0 bridgehead atoms. The summed E-state index contributed by atoms with van der Waals surface area (Å²) in [7, 11) is 1.79. The molecule has 4 aromatic heterocycles. The first-order valence-corrected chi connectivity index (χ1v) is 14.2. The Labute approximate surface area is 234 Å². The van der Waals surface area contributed by atoms with Gasteiger partial charge >= 0.3 is 5.97 Å². The third-order valence-corrected chi connectivity index (χ3v) is 8.67. The fourth-order valence-electron chi connectivity index (χ4n) is 5.64. The number of benzene rings is 1. The molecule has 1 aromatic carbocycles. The van der Waals surface area contributed by atoms with E-state index in [1.807, 2.05) is 6.92 Å². The number of nitrogens with zero attached hydrogens (tertiary/aromatic N) is 5. The molecule has 5 aromatic rings. The van der Waals surface area contributed by atoms with Crippen LogP contribution in [0.4, 0.5) is 0 Å². The number of aromatic amines is 1. The van der Waals surface area contributed by atoms with E-state index in [1.165, 1.54) is 6.07 Å². The molecule has 40 heavy (non-hydrogen) atoms. The van der Waals surface area contributed by atoms with E-state index in [-0.39, 0.29) is 18.1 Å². The van der Waals surface area contributed by atoms with Crippen molar-refractivity contribution in [1.29, 1.82) is 0 Å². The molecule has 0 spiro atoms. The van der Waals surface area contributed by atoms with Crippen molar-refractivity contribution in [3.63, 3.8) is 0 Å². The number of aryl methyl sites for hydroxylation is 2. The number of nitrogens with one attached hydrogen (secondary N) is 1. The third-order valence-electron chi connectivity index (χ3n) is 7.66. The van der Waals surface area contributed by atoms with Gasteiger partial charge in [-0.05, 0) is 64.6 Å². The minimum Gasteiger partial charge on any atom is -0.487 e. The monoisotopic (exact) mass is 558 g/mol. The Hall–Kier alpha value is -4.09. The SMILES string of the molecule is CC[C@@H]1CN(Cc2cc([C@@H](CC(=O)O)c3cnc4c(nnn4C)c3C)cc3ccsc23)Cc2[nH]c(=O)ccc2O1. The van der Waals surface area contributed by atoms with Crippen molar-refractivity contribution in [2.75, 3.05) is 6.54 Å². The fourth-order valence-corrected chi connectivity index (χ4v) is 6.52. The number of carboxylic acids is 1. The number of rotatable bonds is 7. The van der Waals surface area contributed by atoms with E-state index in [1.54, 1.807) is 35.3 Å². The largest absolute Gasteiger partial charge is 0.487 e. The molecule has 1 aliphatic heterocycles. The van der Waals surface area contributed by atoms with Crippen LogP contribution in [0.1, 0.15) is 53.6 Å². The Morgan fingerprint density at radius 3 is 2.95 bits per heavy atom. The van der Waals surface area contributed by atoms with E-state index in [4.69, 9.17) is 4.74 Å². The van der Waals surface area contributed by atoms with Crippen molar-refractivity contribution in [1.82, 2.24) is 29.9 Å². The number of ether oxygens (including phenoxy) is 1. The van der Waals surface area contributed by atoms with Crippen molar-refractivity contribution in [2.24, 2.45) is 7.05 Å². The van der Waals surface area contributed by atoms with Gasteiger partial charge in [0.15, 0.2) is 5.65 Å². The minimum absolute atomic E-state index is 0.0126. The summed E-state index contributed by atoms with van der Waals surface area (Å²) in [6.45, 7) is 5.92. The van der Waals surface area contributed by atoms with Gasteiger partial charge in [0.05, 0.1) is 12.1 Å². The highest BCUT2D eigenvalue weighted by atomic mass is 32.1. The number of hydrogen-bond donors (Lipinski definition) is 2. The lowest BCUT2D eigenvalue weighted by Crippen LogP contribution is -2.32. The number of H-pyrrole nitrogens is 1. The summed E-state index contributed by atoms with van der Waals surface area (Å²) < 4.78 is 9.00. The van der Waals surface area contributed by atoms with Gasteiger partial charge in [-0.15, -0.1) is 16.4 Å². The number of carbonyl (C=O) groups is 1. The van der Waals surface area contributed by atoms with Gasteiger partial charge in [0.1, 0.15) is 17.4 Å². The first kappa shape index (κ1) is 26.1. The van der Waals surface area contributed by atoms with Crippen LogP contribution in [0.2, 0.25) is 0 Å². The average molecular weight is 559 g/mol. The second-order valence-corrected chi connectivity index (χ2v) is 11.3. The van der Waals surface area contributed by atoms with Crippen molar-refractivity contribution in [3.8, 4) is 5.75 Å². The summed E-state index contributed by atoms with van der Waals surface area (Å²) in [5.41, 5.74) is 5.70. The van der Waals surface area contributed by atoms with E-state index in [0.29, 0.717) is 36.5 Å². The van der Waals surface area contributed by atoms with E-state index >= 15 is 0 Å². The van der Waals surface area contributed by atoms with Gasteiger partial charge < -0.3 is 14.8 Å². The van der Waals surface area contributed by atoms with Crippen LogP contribution in [-0.2, 0) is 24.9 Å². The molecule has 10 nitrogen and oxygen atoms in total. The maximum Gasteiger partial charge on any atom is 0.304 e. The van der Waals surface area contributed by atoms with Crippen LogP contribution in [-0.4, -0.2) is 53.6 Å². The maximum atomic E-state index is 12.1. The van der Waals surface area contributed by atoms with Crippen molar-refractivity contribution in [3.05, 3.63) is 80.2 Å². The zero-order valence-electron chi connectivity index (χ0n) is 22.5. The van der Waals surface area contributed by atoms with Gasteiger partial charge in [0.25, 0.3) is 0 Å². The van der Waals surface area contributed by atoms with E-state index < -0.39 is 11.9 Å². The molecular weight excluding hydrogens is 528 g/mol. The van der Waals surface area contributed by atoms with Crippen LogP contribution >= 0.6 is 11.3 Å². The highest BCUT2D eigenvalue weighted by Gasteiger charge is 2.26. The van der Waals surface area contributed by atoms with Gasteiger partial charge in [-0.3, -0.25) is 14.5 Å². The fraction of sp³-hybridized carbons (Fsp3) is 0.345. The molecule has 2 atom stereocenters. The number of carboxylic acid groups (broad SMARTS) is 1. The van der Waals surface area contributed by atoms with Crippen LogP contribution in [0.25, 0.3) is 21.3 Å². The molecule has 1 aliphatic rings. The molecule has 0 aliphatic carbocycles. The lowest BCUT2D eigenvalue weighted by atomic mass is 9.85. The molecule has 206 valence electrons. The summed E-state index contributed by atoms with van der Waals surface area (Å²) in [5, 5.41) is 21.4. The Kier molecular flexibility index (Phi) is 6.85. The number of aliphatic carboxylic acids is 1. The molecule has 6 rings (SSSR count). The van der Waals surface area contributed by atoms with Crippen molar-refractivity contribution < 1.29 is 14.6 Å². The summed E-state index contributed by atoms with van der Waals surface area (Å²) >= 11 is 1.67. The molecule has 0 unspecified atom stereocenters. The number of pyridine rings is 2. The predicted octanol–water partition coefficient (Wildman–Crippen LogP) is 4.35. The van der Waals surface area contributed by atoms with Gasteiger partial charge in [0.2, 0.25) is 5.56 Å². The van der Waals surface area contributed by atoms with Crippen LogP contribution < -0.4 is 10.3 Å². The standard InChI is InChI=1S/C29H30N6O4S/c1-4-20-14-35(15-23-24(39-20)5-6-25(36)31-23)13-19-10-18(9-17-7-8-40-28(17)19)21(11-26(37)38)22-12-30-29-27(16(22)2)32-33-34(29)3/h5-10,12,20-21H,4,11,13-15H2,1-3H3,(H,31,36)(H,37,38)/t20-,21-/m1/s1. The lowest BCUT2D eigenvalue weighted by molar-refractivity contribution is -0.137. The van der Waals surface area contributed by atoms with Crippen molar-refractivity contribution in [2.45, 2.75) is 51.8 Å². The van der Waals surface area contributed by atoms with Gasteiger partial charge in [-0.2, -0.15) is 0 Å². The number of hydrogen-bond acceptors (Lipinski definition) is 8. The Morgan fingerprint density at radius 2 is 2.15 bits per heavy atom. The molecule has 0 saturated carbocycles. The smallest absolute Gasteiger partial charge is 0.304 e. The predicted molar refractivity (Wildman–Crippen MR) is 153 cm³/mol. The molecule has 0 saturated heterocycles. The van der Waals surface area contributed by atoms with E-state index in [0.717, 1.165) is 44.5 Å².